The first kappa shape index (κ1) is 14.0. The van der Waals surface area contributed by atoms with Crippen molar-refractivity contribution in [3.63, 3.8) is 0 Å². The number of hydrogen-bond acceptors (Lipinski definition) is 1. The van der Waals surface area contributed by atoms with Crippen molar-refractivity contribution in [1.82, 2.24) is 5.32 Å². The molecule has 1 saturated carbocycles. The van der Waals surface area contributed by atoms with Crippen LogP contribution in [-0.4, -0.2) is 12.1 Å². The maximum absolute atomic E-state index is 3.85. The Bertz CT molecular complexity index is 178. The predicted molar refractivity (Wildman–Crippen MR) is 72.7 cm³/mol. The summed E-state index contributed by atoms with van der Waals surface area (Å²) in [6.45, 7) is 9.37. The van der Waals surface area contributed by atoms with Gasteiger partial charge in [-0.3, -0.25) is 0 Å². The standard InChI is InChI=1S/C15H31N/c1-5-12(3)10-13(4)16-15-9-7-8-14(6-2)11-15/h12-16H,5-11H2,1-4H3. The first-order valence-corrected chi connectivity index (χ1v) is 7.41. The van der Waals surface area contributed by atoms with Gasteiger partial charge in [-0.1, -0.05) is 46.5 Å². The second-order valence-corrected chi connectivity index (χ2v) is 5.95. The van der Waals surface area contributed by atoms with Crippen LogP contribution in [0.25, 0.3) is 0 Å². The van der Waals surface area contributed by atoms with Crippen LogP contribution in [0, 0.1) is 11.8 Å². The van der Waals surface area contributed by atoms with E-state index >= 15 is 0 Å². The fourth-order valence-electron chi connectivity index (χ4n) is 3.05. The third-order valence-electron chi connectivity index (χ3n) is 4.33. The Morgan fingerprint density at radius 3 is 2.56 bits per heavy atom. The van der Waals surface area contributed by atoms with Crippen molar-refractivity contribution in [2.45, 2.75) is 84.7 Å². The van der Waals surface area contributed by atoms with Crippen LogP contribution < -0.4 is 5.32 Å². The fraction of sp³-hybridized carbons (Fsp3) is 1.00. The lowest BCUT2D eigenvalue weighted by Gasteiger charge is -2.32. The van der Waals surface area contributed by atoms with Crippen LogP contribution in [0.15, 0.2) is 0 Å². The highest BCUT2D eigenvalue weighted by atomic mass is 14.9. The second-order valence-electron chi connectivity index (χ2n) is 5.95. The minimum atomic E-state index is 0.704. The monoisotopic (exact) mass is 225 g/mol. The topological polar surface area (TPSA) is 12.0 Å². The van der Waals surface area contributed by atoms with Crippen molar-refractivity contribution in [1.29, 1.82) is 0 Å². The molecule has 1 rings (SSSR count). The molecule has 4 unspecified atom stereocenters. The SMILES string of the molecule is CCC(C)CC(C)NC1CCCC(CC)C1. The molecule has 0 heterocycles. The Hall–Kier alpha value is -0.0400. The molecule has 1 aliphatic rings. The summed E-state index contributed by atoms with van der Waals surface area (Å²) in [6, 6.07) is 1.51. The lowest BCUT2D eigenvalue weighted by atomic mass is 9.83. The van der Waals surface area contributed by atoms with E-state index in [4.69, 9.17) is 0 Å². The summed E-state index contributed by atoms with van der Waals surface area (Å²) >= 11 is 0. The van der Waals surface area contributed by atoms with Gasteiger partial charge in [0, 0.05) is 12.1 Å². The summed E-state index contributed by atoms with van der Waals surface area (Å²) < 4.78 is 0. The van der Waals surface area contributed by atoms with Crippen LogP contribution in [0.2, 0.25) is 0 Å². The lowest BCUT2D eigenvalue weighted by Crippen LogP contribution is -2.40. The summed E-state index contributed by atoms with van der Waals surface area (Å²) in [5.74, 6) is 1.86. The van der Waals surface area contributed by atoms with Gasteiger partial charge in [0.15, 0.2) is 0 Å². The zero-order chi connectivity index (χ0) is 12.0. The predicted octanol–water partition coefficient (Wildman–Crippen LogP) is 4.37. The van der Waals surface area contributed by atoms with E-state index in [1.165, 1.54) is 44.9 Å². The largest absolute Gasteiger partial charge is 0.311 e. The van der Waals surface area contributed by atoms with E-state index in [2.05, 4.69) is 33.0 Å². The van der Waals surface area contributed by atoms with E-state index in [0.717, 1.165) is 17.9 Å². The number of hydrogen-bond donors (Lipinski definition) is 1. The lowest BCUT2D eigenvalue weighted by molar-refractivity contribution is 0.254. The van der Waals surface area contributed by atoms with E-state index < -0.39 is 0 Å². The quantitative estimate of drug-likeness (QED) is 0.708. The van der Waals surface area contributed by atoms with Crippen LogP contribution in [0.4, 0.5) is 0 Å². The number of rotatable bonds is 6. The molecule has 1 aliphatic carbocycles. The van der Waals surface area contributed by atoms with Crippen LogP contribution in [0.5, 0.6) is 0 Å². The Kier molecular flexibility index (Phi) is 6.41. The smallest absolute Gasteiger partial charge is 0.00721 e. The number of nitrogens with one attached hydrogen (secondary N) is 1. The Morgan fingerprint density at radius 2 is 1.94 bits per heavy atom. The molecule has 0 spiro atoms. The van der Waals surface area contributed by atoms with Crippen molar-refractivity contribution in [3.05, 3.63) is 0 Å². The molecular formula is C15H31N. The molecule has 4 atom stereocenters. The van der Waals surface area contributed by atoms with Crippen LogP contribution in [0.3, 0.4) is 0 Å². The molecule has 1 fully saturated rings. The molecule has 1 heteroatoms. The van der Waals surface area contributed by atoms with Gasteiger partial charge in [0.2, 0.25) is 0 Å². The van der Waals surface area contributed by atoms with Crippen LogP contribution >= 0.6 is 0 Å². The van der Waals surface area contributed by atoms with Crippen LogP contribution in [0.1, 0.15) is 72.6 Å². The Labute approximate surface area is 102 Å². The molecule has 0 aliphatic heterocycles. The van der Waals surface area contributed by atoms with Gasteiger partial charge >= 0.3 is 0 Å². The molecule has 0 aromatic heterocycles. The van der Waals surface area contributed by atoms with Gasteiger partial charge < -0.3 is 5.32 Å². The maximum atomic E-state index is 3.85. The highest BCUT2D eigenvalue weighted by molar-refractivity contribution is 4.80. The van der Waals surface area contributed by atoms with E-state index in [1.54, 1.807) is 0 Å². The highest BCUT2D eigenvalue weighted by Gasteiger charge is 2.21. The summed E-state index contributed by atoms with van der Waals surface area (Å²) in [6.07, 6.45) is 9.75. The zero-order valence-electron chi connectivity index (χ0n) is 11.8. The van der Waals surface area contributed by atoms with Gasteiger partial charge in [-0.05, 0) is 38.0 Å². The average molecular weight is 225 g/mol. The molecule has 1 N–H and O–H groups in total. The van der Waals surface area contributed by atoms with E-state index in [9.17, 15) is 0 Å². The van der Waals surface area contributed by atoms with Crippen molar-refractivity contribution >= 4 is 0 Å². The third kappa shape index (κ3) is 4.86. The Morgan fingerprint density at radius 1 is 1.19 bits per heavy atom. The van der Waals surface area contributed by atoms with E-state index in [1.807, 2.05) is 0 Å². The van der Waals surface area contributed by atoms with Crippen LogP contribution in [-0.2, 0) is 0 Å². The molecule has 16 heavy (non-hydrogen) atoms. The van der Waals surface area contributed by atoms with Crippen molar-refractivity contribution < 1.29 is 0 Å². The molecule has 0 bridgehead atoms. The van der Waals surface area contributed by atoms with Crippen molar-refractivity contribution in [2.75, 3.05) is 0 Å². The Balaban J connectivity index is 2.24. The second kappa shape index (κ2) is 7.32. The molecular weight excluding hydrogens is 194 g/mol. The fourth-order valence-corrected chi connectivity index (χ4v) is 3.05. The van der Waals surface area contributed by atoms with Crippen molar-refractivity contribution in [3.8, 4) is 0 Å². The first-order valence-electron chi connectivity index (χ1n) is 7.41. The van der Waals surface area contributed by atoms with E-state index in [-0.39, 0.29) is 0 Å². The average Bonchev–Trinajstić information content (AvgIpc) is 2.28. The molecule has 0 radical (unpaired) electrons. The molecule has 0 saturated heterocycles. The van der Waals surface area contributed by atoms with Gasteiger partial charge in [0.1, 0.15) is 0 Å². The van der Waals surface area contributed by atoms with Gasteiger partial charge in [-0.15, -0.1) is 0 Å². The molecule has 0 aromatic rings. The molecule has 0 aromatic carbocycles. The maximum Gasteiger partial charge on any atom is 0.00721 e. The minimum absolute atomic E-state index is 0.704. The third-order valence-corrected chi connectivity index (χ3v) is 4.33. The van der Waals surface area contributed by atoms with Gasteiger partial charge in [0.05, 0.1) is 0 Å². The minimum Gasteiger partial charge on any atom is -0.311 e. The summed E-state index contributed by atoms with van der Waals surface area (Å²) in [5.41, 5.74) is 0. The normalized spacial score (nSPS) is 30.0. The summed E-state index contributed by atoms with van der Waals surface area (Å²) in [5, 5.41) is 3.85. The molecule has 1 nitrogen and oxygen atoms in total. The van der Waals surface area contributed by atoms with Gasteiger partial charge in [-0.2, -0.15) is 0 Å². The highest BCUT2D eigenvalue weighted by Crippen LogP contribution is 2.27. The van der Waals surface area contributed by atoms with Gasteiger partial charge in [0.25, 0.3) is 0 Å². The van der Waals surface area contributed by atoms with Crippen molar-refractivity contribution in [2.24, 2.45) is 11.8 Å². The first-order chi connectivity index (χ1) is 7.65. The molecule has 96 valence electrons. The summed E-state index contributed by atoms with van der Waals surface area (Å²) in [7, 11) is 0. The zero-order valence-corrected chi connectivity index (χ0v) is 11.8. The molecule has 0 amide bonds. The van der Waals surface area contributed by atoms with E-state index in [0.29, 0.717) is 6.04 Å². The van der Waals surface area contributed by atoms with Gasteiger partial charge in [-0.25, -0.2) is 0 Å². The summed E-state index contributed by atoms with van der Waals surface area (Å²) in [4.78, 5) is 0.